The normalized spacial score (nSPS) is 13.3. The number of fused-ring (bicyclic) bond motifs is 1. The third kappa shape index (κ3) is 3.36. The van der Waals surface area contributed by atoms with Gasteiger partial charge in [-0.3, -0.25) is 20.1 Å². The first-order valence-electron chi connectivity index (χ1n) is 8.92. The van der Waals surface area contributed by atoms with E-state index >= 15 is 0 Å². The van der Waals surface area contributed by atoms with Crippen LogP contribution in [0.15, 0.2) is 42.6 Å². The summed E-state index contributed by atoms with van der Waals surface area (Å²) in [6.07, 6.45) is 3.64. The molecule has 1 aromatic carbocycles. The van der Waals surface area contributed by atoms with Crippen molar-refractivity contribution in [2.75, 3.05) is 12.4 Å². The standard InChI is InChI=1S/C20H18N4O4/c1-28-20(25)15-7-6-13(23-18(15)12-4-5-12)11-22-16-8-9-17(24(26)27)14-3-2-10-21-19(14)16/h2-3,6-10,12,22H,4-5,11H2,1H3. The van der Waals surface area contributed by atoms with Crippen molar-refractivity contribution in [1.82, 2.24) is 9.97 Å². The highest BCUT2D eigenvalue weighted by Crippen LogP contribution is 2.41. The fourth-order valence-corrected chi connectivity index (χ4v) is 3.21. The van der Waals surface area contributed by atoms with Crippen LogP contribution in [-0.4, -0.2) is 28.0 Å². The van der Waals surface area contributed by atoms with Crippen molar-refractivity contribution in [3.8, 4) is 0 Å². The van der Waals surface area contributed by atoms with Crippen LogP contribution in [0.4, 0.5) is 11.4 Å². The molecule has 1 saturated carbocycles. The molecular formula is C20H18N4O4. The molecule has 2 aromatic heterocycles. The number of nitrogens with zero attached hydrogens (tertiary/aromatic N) is 3. The van der Waals surface area contributed by atoms with E-state index in [-0.39, 0.29) is 11.7 Å². The predicted molar refractivity (Wildman–Crippen MR) is 103 cm³/mol. The number of nitro benzene ring substituents is 1. The second kappa shape index (κ2) is 7.22. The number of ether oxygens (including phenoxy) is 1. The molecule has 3 aromatic rings. The number of hydrogen-bond acceptors (Lipinski definition) is 7. The minimum absolute atomic E-state index is 0.0187. The number of carbonyl (C=O) groups excluding carboxylic acids is 1. The van der Waals surface area contributed by atoms with Crippen LogP contribution in [-0.2, 0) is 11.3 Å². The number of carbonyl (C=O) groups is 1. The number of methoxy groups -OCH3 is 1. The van der Waals surface area contributed by atoms with Crippen molar-refractivity contribution in [3.63, 3.8) is 0 Å². The summed E-state index contributed by atoms with van der Waals surface area (Å²) in [6, 6.07) is 10.0. The summed E-state index contributed by atoms with van der Waals surface area (Å²) in [7, 11) is 1.36. The Kier molecular flexibility index (Phi) is 4.60. The second-order valence-corrected chi connectivity index (χ2v) is 6.64. The number of nitro groups is 1. The van der Waals surface area contributed by atoms with E-state index in [2.05, 4.69) is 15.3 Å². The van der Waals surface area contributed by atoms with Crippen LogP contribution in [0.2, 0.25) is 0 Å². The minimum atomic E-state index is -0.414. The first-order chi connectivity index (χ1) is 13.6. The number of benzene rings is 1. The predicted octanol–water partition coefficient (Wildman–Crippen LogP) is 3.81. The van der Waals surface area contributed by atoms with Gasteiger partial charge in [-0.25, -0.2) is 4.79 Å². The van der Waals surface area contributed by atoms with Crippen LogP contribution in [0.1, 0.15) is 40.5 Å². The maximum absolute atomic E-state index is 11.9. The van der Waals surface area contributed by atoms with Gasteiger partial charge in [0, 0.05) is 18.2 Å². The van der Waals surface area contributed by atoms with Crippen LogP contribution < -0.4 is 5.32 Å². The van der Waals surface area contributed by atoms with Crippen molar-refractivity contribution in [2.24, 2.45) is 0 Å². The Hall–Kier alpha value is -3.55. The smallest absolute Gasteiger partial charge is 0.339 e. The van der Waals surface area contributed by atoms with Gasteiger partial charge in [0.15, 0.2) is 0 Å². The van der Waals surface area contributed by atoms with Crippen LogP contribution in [0.5, 0.6) is 0 Å². The van der Waals surface area contributed by atoms with Gasteiger partial charge in [0.05, 0.1) is 46.6 Å². The quantitative estimate of drug-likeness (QED) is 0.395. The molecule has 2 heterocycles. The molecule has 4 rings (SSSR count). The average Bonchev–Trinajstić information content (AvgIpc) is 3.56. The average molecular weight is 378 g/mol. The third-order valence-electron chi connectivity index (χ3n) is 4.76. The number of pyridine rings is 2. The Labute approximate surface area is 160 Å². The lowest BCUT2D eigenvalue weighted by molar-refractivity contribution is -0.383. The molecule has 142 valence electrons. The second-order valence-electron chi connectivity index (χ2n) is 6.64. The van der Waals surface area contributed by atoms with E-state index in [1.54, 1.807) is 36.5 Å². The lowest BCUT2D eigenvalue weighted by Gasteiger charge is -2.12. The van der Waals surface area contributed by atoms with Crippen molar-refractivity contribution >= 4 is 28.2 Å². The van der Waals surface area contributed by atoms with Gasteiger partial charge in [-0.1, -0.05) is 0 Å². The summed E-state index contributed by atoms with van der Waals surface area (Å²) in [4.78, 5) is 31.7. The molecule has 28 heavy (non-hydrogen) atoms. The summed E-state index contributed by atoms with van der Waals surface area (Å²) in [6.45, 7) is 0.407. The largest absolute Gasteiger partial charge is 0.465 e. The fourth-order valence-electron chi connectivity index (χ4n) is 3.21. The van der Waals surface area contributed by atoms with E-state index in [0.29, 0.717) is 34.6 Å². The SMILES string of the molecule is COC(=O)c1ccc(CNc2ccc([N+](=O)[O-])c3cccnc23)nc1C1CC1. The van der Waals surface area contributed by atoms with Crippen molar-refractivity contribution in [2.45, 2.75) is 25.3 Å². The number of nitrogens with one attached hydrogen (secondary N) is 1. The third-order valence-corrected chi connectivity index (χ3v) is 4.76. The molecule has 0 atom stereocenters. The van der Waals surface area contributed by atoms with Gasteiger partial charge in [-0.05, 0) is 43.2 Å². The Bertz CT molecular complexity index is 1080. The summed E-state index contributed by atoms with van der Waals surface area (Å²) in [5, 5.41) is 15.0. The number of esters is 1. The maximum atomic E-state index is 11.9. The van der Waals surface area contributed by atoms with E-state index in [4.69, 9.17) is 4.74 Å². The molecule has 1 aliphatic rings. The molecule has 0 spiro atoms. The number of non-ortho nitro benzene ring substituents is 1. The maximum Gasteiger partial charge on any atom is 0.339 e. The molecule has 0 bridgehead atoms. The molecule has 1 fully saturated rings. The molecule has 0 saturated heterocycles. The monoisotopic (exact) mass is 378 g/mol. The highest BCUT2D eigenvalue weighted by molar-refractivity contribution is 5.96. The van der Waals surface area contributed by atoms with Gasteiger partial charge >= 0.3 is 5.97 Å². The van der Waals surface area contributed by atoms with E-state index in [9.17, 15) is 14.9 Å². The molecule has 1 N–H and O–H groups in total. The van der Waals surface area contributed by atoms with Gasteiger partial charge in [-0.2, -0.15) is 0 Å². The Morgan fingerprint density at radius 1 is 1.29 bits per heavy atom. The van der Waals surface area contributed by atoms with Gasteiger partial charge in [0.1, 0.15) is 5.52 Å². The lowest BCUT2D eigenvalue weighted by atomic mass is 10.1. The molecule has 1 aliphatic carbocycles. The van der Waals surface area contributed by atoms with Crippen LogP contribution in [0, 0.1) is 10.1 Å². The zero-order chi connectivity index (χ0) is 19.7. The van der Waals surface area contributed by atoms with Gasteiger partial charge in [0.2, 0.25) is 0 Å². The first-order valence-corrected chi connectivity index (χ1v) is 8.92. The van der Waals surface area contributed by atoms with Gasteiger partial charge in [0.25, 0.3) is 5.69 Å². The number of hydrogen-bond donors (Lipinski definition) is 1. The first kappa shape index (κ1) is 17.8. The van der Waals surface area contributed by atoms with Crippen molar-refractivity contribution in [3.05, 3.63) is 69.7 Å². The minimum Gasteiger partial charge on any atom is -0.465 e. The lowest BCUT2D eigenvalue weighted by Crippen LogP contribution is -2.10. The fraction of sp³-hybridized carbons (Fsp3) is 0.250. The van der Waals surface area contributed by atoms with Crippen LogP contribution >= 0.6 is 0 Å². The molecular weight excluding hydrogens is 360 g/mol. The van der Waals surface area contributed by atoms with Gasteiger partial charge < -0.3 is 10.1 Å². The highest BCUT2D eigenvalue weighted by Gasteiger charge is 2.30. The topological polar surface area (TPSA) is 107 Å². The van der Waals surface area contributed by atoms with Gasteiger partial charge in [-0.15, -0.1) is 0 Å². The summed E-state index contributed by atoms with van der Waals surface area (Å²) >= 11 is 0. The molecule has 0 aliphatic heterocycles. The van der Waals surface area contributed by atoms with Crippen molar-refractivity contribution < 1.29 is 14.5 Å². The molecule has 0 unspecified atom stereocenters. The Morgan fingerprint density at radius 2 is 2.11 bits per heavy atom. The van der Waals surface area contributed by atoms with Crippen molar-refractivity contribution in [1.29, 1.82) is 0 Å². The number of aromatic nitrogens is 2. The highest BCUT2D eigenvalue weighted by atomic mass is 16.6. The summed E-state index contributed by atoms with van der Waals surface area (Å²) < 4.78 is 4.84. The zero-order valence-electron chi connectivity index (χ0n) is 15.2. The summed E-state index contributed by atoms with van der Waals surface area (Å²) in [5.41, 5.74) is 3.30. The van der Waals surface area contributed by atoms with E-state index in [1.807, 2.05) is 0 Å². The number of anilines is 1. The Morgan fingerprint density at radius 3 is 2.82 bits per heavy atom. The van der Waals surface area contributed by atoms with E-state index in [0.717, 1.165) is 24.2 Å². The molecule has 8 heteroatoms. The molecule has 8 nitrogen and oxygen atoms in total. The summed E-state index contributed by atoms with van der Waals surface area (Å²) in [5.74, 6) is -0.0737. The zero-order valence-corrected chi connectivity index (χ0v) is 15.2. The van der Waals surface area contributed by atoms with Crippen LogP contribution in [0.3, 0.4) is 0 Å². The van der Waals surface area contributed by atoms with E-state index < -0.39 is 4.92 Å². The van der Waals surface area contributed by atoms with E-state index in [1.165, 1.54) is 13.2 Å². The molecule has 0 radical (unpaired) electrons. The molecule has 0 amide bonds. The van der Waals surface area contributed by atoms with Crippen LogP contribution in [0.25, 0.3) is 10.9 Å². The number of rotatable bonds is 6. The Balaban J connectivity index is 1.62.